The number of aliphatic imine (C=N–C) groups is 1. The van der Waals surface area contributed by atoms with Gasteiger partial charge in [0, 0.05) is 6.42 Å². The number of carbonyl (C=O) groups excluding carboxylic acids is 1. The number of nitrogens with one attached hydrogen (secondary N) is 1. The Morgan fingerprint density at radius 3 is 2.60 bits per heavy atom. The van der Waals surface area contributed by atoms with Crippen molar-refractivity contribution in [2.45, 2.75) is 6.42 Å². The Morgan fingerprint density at radius 2 is 2.20 bits per heavy atom. The van der Waals surface area contributed by atoms with Crippen molar-refractivity contribution in [3.05, 3.63) is 0 Å². The molecule has 0 atom stereocenters. The summed E-state index contributed by atoms with van der Waals surface area (Å²) in [7, 11) is 0. The van der Waals surface area contributed by atoms with Crippen LogP contribution >= 0.6 is 0 Å². The van der Waals surface area contributed by atoms with Crippen LogP contribution in [0.3, 0.4) is 0 Å². The Morgan fingerprint density at radius 1 is 1.60 bits per heavy atom. The summed E-state index contributed by atoms with van der Waals surface area (Å²) in [5.74, 6) is -0.573. The third kappa shape index (κ3) is 4.85. The summed E-state index contributed by atoms with van der Waals surface area (Å²) in [6.07, 6.45) is 0.0778. The second-order valence-corrected chi connectivity index (χ2v) is 1.59. The predicted molar refractivity (Wildman–Crippen MR) is 35.2 cm³/mol. The van der Waals surface area contributed by atoms with Gasteiger partial charge in [0.15, 0.2) is 5.96 Å². The first-order chi connectivity index (χ1) is 4.66. The highest BCUT2D eigenvalue weighted by Crippen LogP contribution is 1.78. The third-order valence-electron chi connectivity index (χ3n) is 0.758. The number of hydrogen-bond acceptors (Lipinski definition) is 3. The molecule has 0 unspecified atom stereocenters. The molecule has 0 saturated carbocycles. The molecule has 0 radical (unpaired) electrons. The van der Waals surface area contributed by atoms with E-state index in [2.05, 4.69) is 4.99 Å². The number of rotatable bonds is 3. The van der Waals surface area contributed by atoms with Crippen LogP contribution in [0.15, 0.2) is 4.99 Å². The smallest absolute Gasteiger partial charge is 0.245 e. The Balaban J connectivity index is 3.37. The van der Waals surface area contributed by atoms with E-state index in [-0.39, 0.29) is 18.9 Å². The first-order valence-electron chi connectivity index (χ1n) is 2.65. The fraction of sp³-hybridized carbons (Fsp3) is 0.500. The fourth-order valence-electron chi connectivity index (χ4n) is 0.342. The van der Waals surface area contributed by atoms with Crippen molar-refractivity contribution in [1.29, 1.82) is 0 Å². The molecule has 0 fully saturated rings. The Bertz CT molecular complexity index is 140. The Hall–Kier alpha value is -1.30. The molecule has 0 rings (SSSR count). The zero-order chi connectivity index (χ0) is 7.98. The van der Waals surface area contributed by atoms with Crippen molar-refractivity contribution < 1.29 is 10.0 Å². The summed E-state index contributed by atoms with van der Waals surface area (Å²) in [6, 6.07) is 0. The standard InChI is InChI=1S/C4H10N4O2/c5-4(6)7-2-1-3(9)8-10/h10H,1-2H2,(H,8,9)(H4,5,6,7). The molecule has 0 saturated heterocycles. The highest BCUT2D eigenvalue weighted by Gasteiger charge is 1.95. The number of nitrogens with zero attached hydrogens (tertiary/aromatic N) is 1. The monoisotopic (exact) mass is 146 g/mol. The maximum Gasteiger partial charge on any atom is 0.245 e. The zero-order valence-electron chi connectivity index (χ0n) is 5.37. The number of hydroxylamine groups is 1. The van der Waals surface area contributed by atoms with Gasteiger partial charge in [0.05, 0.1) is 6.54 Å². The summed E-state index contributed by atoms with van der Waals surface area (Å²) in [4.78, 5) is 13.8. The first-order valence-corrected chi connectivity index (χ1v) is 2.65. The van der Waals surface area contributed by atoms with Gasteiger partial charge in [0.25, 0.3) is 0 Å². The van der Waals surface area contributed by atoms with Gasteiger partial charge in [-0.15, -0.1) is 0 Å². The lowest BCUT2D eigenvalue weighted by atomic mass is 10.4. The molecule has 0 aromatic carbocycles. The summed E-state index contributed by atoms with van der Waals surface area (Å²) in [5, 5.41) is 7.99. The lowest BCUT2D eigenvalue weighted by Crippen LogP contribution is -2.24. The normalized spacial score (nSPS) is 8.50. The van der Waals surface area contributed by atoms with Crippen LogP contribution in [0.25, 0.3) is 0 Å². The topological polar surface area (TPSA) is 114 Å². The van der Waals surface area contributed by atoms with Gasteiger partial charge in [0.1, 0.15) is 0 Å². The molecule has 10 heavy (non-hydrogen) atoms. The SMILES string of the molecule is NC(N)=NCCC(=O)NO. The van der Waals surface area contributed by atoms with E-state index in [4.69, 9.17) is 16.7 Å². The van der Waals surface area contributed by atoms with Crippen LogP contribution in [0.5, 0.6) is 0 Å². The van der Waals surface area contributed by atoms with E-state index in [1.54, 1.807) is 0 Å². The molecule has 0 aromatic rings. The van der Waals surface area contributed by atoms with Crippen molar-refractivity contribution >= 4 is 11.9 Å². The van der Waals surface area contributed by atoms with Gasteiger partial charge in [-0.1, -0.05) is 0 Å². The average molecular weight is 146 g/mol. The minimum atomic E-state index is -0.509. The van der Waals surface area contributed by atoms with E-state index in [0.717, 1.165) is 0 Å². The van der Waals surface area contributed by atoms with Crippen molar-refractivity contribution in [2.24, 2.45) is 16.5 Å². The second-order valence-electron chi connectivity index (χ2n) is 1.59. The van der Waals surface area contributed by atoms with Crippen LogP contribution in [0, 0.1) is 0 Å². The van der Waals surface area contributed by atoms with Crippen LogP contribution < -0.4 is 16.9 Å². The van der Waals surface area contributed by atoms with Crippen LogP contribution in [0.1, 0.15) is 6.42 Å². The minimum Gasteiger partial charge on any atom is -0.370 e. The van der Waals surface area contributed by atoms with Gasteiger partial charge in [-0.25, -0.2) is 5.48 Å². The number of hydrogen-bond donors (Lipinski definition) is 4. The summed E-state index contributed by atoms with van der Waals surface area (Å²) >= 11 is 0. The molecule has 58 valence electrons. The highest BCUT2D eigenvalue weighted by molar-refractivity contribution is 5.77. The van der Waals surface area contributed by atoms with Crippen molar-refractivity contribution in [3.8, 4) is 0 Å². The second kappa shape index (κ2) is 4.57. The molecule has 0 aliphatic heterocycles. The van der Waals surface area contributed by atoms with E-state index in [0.29, 0.717) is 0 Å². The number of amides is 1. The molecule has 0 spiro atoms. The maximum absolute atomic E-state index is 10.3. The van der Waals surface area contributed by atoms with Gasteiger partial charge in [0.2, 0.25) is 5.91 Å². The van der Waals surface area contributed by atoms with Gasteiger partial charge in [-0.2, -0.15) is 0 Å². The molecule has 6 N–H and O–H groups in total. The van der Waals surface area contributed by atoms with E-state index in [1.165, 1.54) is 5.48 Å². The lowest BCUT2D eigenvalue weighted by Gasteiger charge is -1.93. The van der Waals surface area contributed by atoms with E-state index in [1.807, 2.05) is 0 Å². The van der Waals surface area contributed by atoms with Crippen LogP contribution in [0.4, 0.5) is 0 Å². The van der Waals surface area contributed by atoms with E-state index in [9.17, 15) is 4.79 Å². The zero-order valence-corrected chi connectivity index (χ0v) is 5.37. The van der Waals surface area contributed by atoms with E-state index < -0.39 is 5.91 Å². The fourth-order valence-corrected chi connectivity index (χ4v) is 0.342. The van der Waals surface area contributed by atoms with Crippen LogP contribution in [-0.2, 0) is 4.79 Å². The summed E-state index contributed by atoms with van der Waals surface area (Å²) in [5.41, 5.74) is 11.4. The number of carbonyl (C=O) groups is 1. The molecular formula is C4H10N4O2. The van der Waals surface area contributed by atoms with Gasteiger partial charge in [-0.3, -0.25) is 15.0 Å². The molecule has 0 heterocycles. The molecule has 1 amide bonds. The summed E-state index contributed by atoms with van der Waals surface area (Å²) in [6.45, 7) is 0.189. The van der Waals surface area contributed by atoms with Gasteiger partial charge < -0.3 is 11.5 Å². The van der Waals surface area contributed by atoms with Gasteiger partial charge in [-0.05, 0) is 0 Å². The Labute approximate surface area is 57.9 Å². The lowest BCUT2D eigenvalue weighted by molar-refractivity contribution is -0.128. The number of nitrogens with two attached hydrogens (primary N) is 2. The minimum absolute atomic E-state index is 0.0641. The number of guanidine groups is 1. The van der Waals surface area contributed by atoms with Crippen LogP contribution in [-0.4, -0.2) is 23.6 Å². The quantitative estimate of drug-likeness (QED) is 0.162. The van der Waals surface area contributed by atoms with Gasteiger partial charge >= 0.3 is 0 Å². The van der Waals surface area contributed by atoms with Crippen molar-refractivity contribution in [1.82, 2.24) is 5.48 Å². The highest BCUT2D eigenvalue weighted by atomic mass is 16.5. The maximum atomic E-state index is 10.3. The predicted octanol–water partition coefficient (Wildman–Crippen LogP) is -1.84. The largest absolute Gasteiger partial charge is 0.370 e. The molecule has 0 bridgehead atoms. The van der Waals surface area contributed by atoms with E-state index >= 15 is 0 Å². The average Bonchev–Trinajstić information content (AvgIpc) is 1.87. The van der Waals surface area contributed by atoms with Crippen molar-refractivity contribution in [2.75, 3.05) is 6.54 Å². The Kier molecular flexibility index (Phi) is 3.97. The molecule has 6 heteroatoms. The summed E-state index contributed by atoms with van der Waals surface area (Å²) < 4.78 is 0. The molecular weight excluding hydrogens is 136 g/mol. The molecule has 0 aliphatic carbocycles. The molecule has 0 aliphatic rings. The van der Waals surface area contributed by atoms with Crippen molar-refractivity contribution in [3.63, 3.8) is 0 Å². The third-order valence-corrected chi connectivity index (χ3v) is 0.758. The molecule has 0 aromatic heterocycles. The first kappa shape index (κ1) is 8.70. The molecule has 6 nitrogen and oxygen atoms in total. The van der Waals surface area contributed by atoms with Crippen LogP contribution in [0.2, 0.25) is 0 Å².